The molecular formula is C13H8ClF3N2O3. The Balaban J connectivity index is 2.37. The highest BCUT2D eigenvalue weighted by Gasteiger charge is 2.30. The first-order valence-electron chi connectivity index (χ1n) is 5.78. The number of carbonyl (C=O) groups excluding carboxylic acids is 1. The van der Waals surface area contributed by atoms with Gasteiger partial charge in [0.2, 0.25) is 0 Å². The number of halogens is 4. The van der Waals surface area contributed by atoms with Crippen LogP contribution in [0.3, 0.4) is 0 Å². The molecule has 0 aliphatic heterocycles. The van der Waals surface area contributed by atoms with Crippen LogP contribution >= 0.6 is 11.6 Å². The van der Waals surface area contributed by atoms with Crippen molar-refractivity contribution in [1.82, 2.24) is 10.2 Å². The Morgan fingerprint density at radius 3 is 2.59 bits per heavy atom. The predicted octanol–water partition coefficient (Wildman–Crippen LogP) is 3.73. The number of carbonyl (C=O) groups is 1. The Bertz CT molecular complexity index is 707. The minimum atomic E-state index is -4.52. The lowest BCUT2D eigenvalue weighted by Crippen LogP contribution is -2.07. The summed E-state index contributed by atoms with van der Waals surface area (Å²) in [5.74, 6) is -1.27. The molecule has 1 aromatic carbocycles. The Hall–Kier alpha value is -2.35. The molecule has 0 unspecified atom stereocenters. The Kier molecular flexibility index (Phi) is 4.51. The second-order valence-electron chi connectivity index (χ2n) is 4.01. The smallest absolute Gasteiger partial charge is 0.416 e. The van der Waals surface area contributed by atoms with Gasteiger partial charge in [-0.15, -0.1) is 10.2 Å². The molecule has 1 aromatic heterocycles. The van der Waals surface area contributed by atoms with E-state index in [1.165, 1.54) is 12.1 Å². The zero-order valence-corrected chi connectivity index (χ0v) is 11.8. The molecule has 22 heavy (non-hydrogen) atoms. The van der Waals surface area contributed by atoms with Crippen molar-refractivity contribution >= 4 is 17.6 Å². The molecule has 0 atom stereocenters. The molecule has 0 N–H and O–H groups in total. The summed E-state index contributed by atoms with van der Waals surface area (Å²) in [4.78, 5) is 11.6. The van der Waals surface area contributed by atoms with Gasteiger partial charge in [0.05, 0.1) is 12.7 Å². The number of nitrogens with zero attached hydrogens (tertiary/aromatic N) is 2. The minimum absolute atomic E-state index is 0.0863. The molecule has 0 aliphatic carbocycles. The summed E-state index contributed by atoms with van der Waals surface area (Å²) in [6.45, 7) is 0. The van der Waals surface area contributed by atoms with Crippen molar-refractivity contribution in [2.24, 2.45) is 0 Å². The normalized spacial score (nSPS) is 11.1. The maximum absolute atomic E-state index is 12.6. The fraction of sp³-hybridized carbons (Fsp3) is 0.154. The van der Waals surface area contributed by atoms with E-state index < -0.39 is 17.7 Å². The predicted molar refractivity (Wildman–Crippen MR) is 69.9 cm³/mol. The van der Waals surface area contributed by atoms with Gasteiger partial charge < -0.3 is 9.47 Å². The highest BCUT2D eigenvalue weighted by atomic mass is 35.5. The third-order valence-electron chi connectivity index (χ3n) is 2.51. The van der Waals surface area contributed by atoms with Gasteiger partial charge in [0, 0.05) is 0 Å². The second kappa shape index (κ2) is 6.18. The Morgan fingerprint density at radius 2 is 1.95 bits per heavy atom. The molecule has 2 rings (SSSR count). The van der Waals surface area contributed by atoms with E-state index in [0.29, 0.717) is 0 Å². The number of ether oxygens (including phenoxy) is 2. The highest BCUT2D eigenvalue weighted by molar-refractivity contribution is 6.29. The summed E-state index contributed by atoms with van der Waals surface area (Å²) in [5, 5.41) is 6.95. The summed E-state index contributed by atoms with van der Waals surface area (Å²) >= 11 is 5.62. The molecular weight excluding hydrogens is 325 g/mol. The maximum Gasteiger partial charge on any atom is 0.416 e. The number of benzene rings is 1. The van der Waals surface area contributed by atoms with Crippen LogP contribution in [0.2, 0.25) is 5.15 Å². The van der Waals surface area contributed by atoms with Crippen molar-refractivity contribution in [3.05, 3.63) is 46.6 Å². The summed E-state index contributed by atoms with van der Waals surface area (Å²) in [6.07, 6.45) is -4.52. The van der Waals surface area contributed by atoms with E-state index in [1.807, 2.05) is 0 Å². The molecule has 0 saturated carbocycles. The standard InChI is InChI=1S/C13H8ClF3N2O3/c1-21-12(20)9-6-10(14)18-19-11(9)22-8-4-2-3-7(5-8)13(15,16)17/h2-6H,1H3. The Morgan fingerprint density at radius 1 is 1.23 bits per heavy atom. The molecule has 2 aromatic rings. The third-order valence-corrected chi connectivity index (χ3v) is 2.70. The summed E-state index contributed by atoms with van der Waals surface area (Å²) < 4.78 is 47.7. The van der Waals surface area contributed by atoms with Crippen molar-refractivity contribution in [1.29, 1.82) is 0 Å². The average Bonchev–Trinajstić information content (AvgIpc) is 2.47. The number of rotatable bonds is 3. The third kappa shape index (κ3) is 3.64. The largest absolute Gasteiger partial charge is 0.465 e. The zero-order valence-electron chi connectivity index (χ0n) is 11.0. The van der Waals surface area contributed by atoms with Crippen molar-refractivity contribution in [3.8, 4) is 11.6 Å². The van der Waals surface area contributed by atoms with Gasteiger partial charge >= 0.3 is 12.1 Å². The number of esters is 1. The van der Waals surface area contributed by atoms with Crippen LogP contribution in [0.1, 0.15) is 15.9 Å². The lowest BCUT2D eigenvalue weighted by atomic mass is 10.2. The van der Waals surface area contributed by atoms with Gasteiger partial charge in [0.25, 0.3) is 5.88 Å². The van der Waals surface area contributed by atoms with Gasteiger partial charge in [-0.3, -0.25) is 0 Å². The molecule has 116 valence electrons. The first kappa shape index (κ1) is 16.0. The van der Waals surface area contributed by atoms with E-state index in [2.05, 4.69) is 14.9 Å². The van der Waals surface area contributed by atoms with E-state index in [4.69, 9.17) is 16.3 Å². The molecule has 0 radical (unpaired) electrons. The van der Waals surface area contributed by atoms with Crippen LogP contribution in [0, 0.1) is 0 Å². The lowest BCUT2D eigenvalue weighted by molar-refractivity contribution is -0.137. The highest BCUT2D eigenvalue weighted by Crippen LogP contribution is 2.33. The molecule has 0 spiro atoms. The first-order valence-corrected chi connectivity index (χ1v) is 6.15. The van der Waals surface area contributed by atoms with Gasteiger partial charge in [-0.25, -0.2) is 4.79 Å². The van der Waals surface area contributed by atoms with Crippen molar-refractivity contribution in [2.75, 3.05) is 7.11 Å². The van der Waals surface area contributed by atoms with Gasteiger partial charge in [-0.05, 0) is 24.3 Å². The van der Waals surface area contributed by atoms with Gasteiger partial charge in [0.1, 0.15) is 11.3 Å². The summed E-state index contributed by atoms with van der Waals surface area (Å²) in [5.41, 5.74) is -1.05. The van der Waals surface area contributed by atoms with Crippen LogP contribution in [-0.2, 0) is 10.9 Å². The van der Waals surface area contributed by atoms with Crippen molar-refractivity contribution in [3.63, 3.8) is 0 Å². The van der Waals surface area contributed by atoms with E-state index in [0.717, 1.165) is 25.3 Å². The van der Waals surface area contributed by atoms with Crippen molar-refractivity contribution in [2.45, 2.75) is 6.18 Å². The molecule has 9 heteroatoms. The van der Waals surface area contributed by atoms with E-state index in [9.17, 15) is 18.0 Å². The number of hydrogen-bond acceptors (Lipinski definition) is 5. The fourth-order valence-electron chi connectivity index (χ4n) is 1.54. The summed E-state index contributed by atoms with van der Waals surface area (Å²) in [7, 11) is 1.13. The second-order valence-corrected chi connectivity index (χ2v) is 4.39. The minimum Gasteiger partial charge on any atom is -0.465 e. The van der Waals surface area contributed by atoms with Crippen molar-refractivity contribution < 1.29 is 27.4 Å². The van der Waals surface area contributed by atoms with E-state index in [-0.39, 0.29) is 22.3 Å². The molecule has 1 heterocycles. The van der Waals surface area contributed by atoms with Gasteiger partial charge in [0.15, 0.2) is 5.15 Å². The Labute approximate surface area is 127 Å². The van der Waals surface area contributed by atoms with E-state index in [1.54, 1.807) is 0 Å². The topological polar surface area (TPSA) is 61.3 Å². The number of aromatic nitrogens is 2. The van der Waals surface area contributed by atoms with Crippen LogP contribution in [-0.4, -0.2) is 23.3 Å². The number of hydrogen-bond donors (Lipinski definition) is 0. The quantitative estimate of drug-likeness (QED) is 0.801. The summed E-state index contributed by atoms with van der Waals surface area (Å²) in [6, 6.07) is 5.26. The fourth-order valence-corrected chi connectivity index (χ4v) is 1.68. The van der Waals surface area contributed by atoms with Crippen LogP contribution in [0.25, 0.3) is 0 Å². The number of methoxy groups -OCH3 is 1. The molecule has 0 bridgehead atoms. The molecule has 0 saturated heterocycles. The van der Waals surface area contributed by atoms with E-state index >= 15 is 0 Å². The van der Waals surface area contributed by atoms with Crippen LogP contribution < -0.4 is 4.74 Å². The first-order chi connectivity index (χ1) is 10.3. The van der Waals surface area contributed by atoms with Gasteiger partial charge in [-0.1, -0.05) is 17.7 Å². The van der Waals surface area contributed by atoms with Crippen LogP contribution in [0.4, 0.5) is 13.2 Å². The SMILES string of the molecule is COC(=O)c1cc(Cl)nnc1Oc1cccc(C(F)(F)F)c1. The lowest BCUT2D eigenvalue weighted by Gasteiger charge is -2.11. The van der Waals surface area contributed by atoms with Crippen LogP contribution in [0.5, 0.6) is 11.6 Å². The monoisotopic (exact) mass is 332 g/mol. The molecule has 5 nitrogen and oxygen atoms in total. The maximum atomic E-state index is 12.6. The average molecular weight is 333 g/mol. The van der Waals surface area contributed by atoms with Crippen LogP contribution in [0.15, 0.2) is 30.3 Å². The van der Waals surface area contributed by atoms with Gasteiger partial charge in [-0.2, -0.15) is 13.2 Å². The zero-order chi connectivity index (χ0) is 16.3. The molecule has 0 fully saturated rings. The molecule has 0 aliphatic rings. The number of alkyl halides is 3. The molecule has 0 amide bonds.